The number of hydrogen-bond acceptors (Lipinski definition) is 5. The first-order valence-corrected chi connectivity index (χ1v) is 10.4. The van der Waals surface area contributed by atoms with Crippen molar-refractivity contribution in [2.75, 3.05) is 7.11 Å². The second kappa shape index (κ2) is 7.58. The first-order chi connectivity index (χ1) is 14.0. The van der Waals surface area contributed by atoms with Crippen molar-refractivity contribution in [2.45, 2.75) is 59.4 Å². The van der Waals surface area contributed by atoms with E-state index in [-0.39, 0.29) is 11.6 Å². The topological polar surface area (TPSA) is 69.9 Å². The number of methoxy groups -OCH3 is 1. The minimum Gasteiger partial charge on any atom is -0.481 e. The summed E-state index contributed by atoms with van der Waals surface area (Å²) in [5, 5.41) is 0. The van der Waals surface area contributed by atoms with E-state index in [9.17, 15) is 4.79 Å². The summed E-state index contributed by atoms with van der Waals surface area (Å²) in [6.07, 6.45) is 6.33. The zero-order valence-corrected chi connectivity index (χ0v) is 17.8. The Bertz CT molecular complexity index is 1130. The van der Waals surface area contributed by atoms with Crippen LogP contribution in [0.25, 0.3) is 22.3 Å². The van der Waals surface area contributed by atoms with Crippen LogP contribution in [-0.2, 0) is 0 Å². The van der Waals surface area contributed by atoms with Gasteiger partial charge in [-0.1, -0.05) is 13.3 Å². The number of nitrogens with zero attached hydrogens (tertiary/aromatic N) is 4. The van der Waals surface area contributed by atoms with Crippen molar-refractivity contribution in [2.24, 2.45) is 5.92 Å². The maximum absolute atomic E-state index is 13.1. The summed E-state index contributed by atoms with van der Waals surface area (Å²) in [7, 11) is 1.62. The molecule has 3 heterocycles. The van der Waals surface area contributed by atoms with Crippen LogP contribution in [0, 0.1) is 26.7 Å². The number of fused-ring (bicyclic) bond motifs is 1. The second-order valence-electron chi connectivity index (χ2n) is 8.01. The SMILES string of the molecule is CCC(C1CCC1)n1c(=O)c(C)nc2c(-c3cc(C)c(OC)nc3C)nccc21. The molecule has 1 fully saturated rings. The molecule has 1 aliphatic carbocycles. The van der Waals surface area contributed by atoms with Gasteiger partial charge in [0.2, 0.25) is 5.88 Å². The molecule has 0 N–H and O–H groups in total. The molecule has 0 aromatic carbocycles. The molecule has 0 spiro atoms. The van der Waals surface area contributed by atoms with Gasteiger partial charge < -0.3 is 9.30 Å². The van der Waals surface area contributed by atoms with Crippen LogP contribution >= 0.6 is 0 Å². The smallest absolute Gasteiger partial charge is 0.272 e. The van der Waals surface area contributed by atoms with Crippen molar-refractivity contribution in [1.29, 1.82) is 0 Å². The van der Waals surface area contributed by atoms with E-state index in [0.717, 1.165) is 40.0 Å². The lowest BCUT2D eigenvalue weighted by atomic mass is 9.78. The molecule has 3 aromatic heterocycles. The Balaban J connectivity index is 1.99. The van der Waals surface area contributed by atoms with Crippen molar-refractivity contribution >= 4 is 11.0 Å². The summed E-state index contributed by atoms with van der Waals surface area (Å²) < 4.78 is 7.33. The maximum atomic E-state index is 13.1. The summed E-state index contributed by atoms with van der Waals surface area (Å²) >= 11 is 0. The van der Waals surface area contributed by atoms with Crippen molar-refractivity contribution < 1.29 is 4.74 Å². The van der Waals surface area contributed by atoms with Gasteiger partial charge in [-0.3, -0.25) is 9.78 Å². The van der Waals surface area contributed by atoms with Gasteiger partial charge in [0.15, 0.2) is 0 Å². The van der Waals surface area contributed by atoms with E-state index in [1.807, 2.05) is 30.5 Å². The Morgan fingerprint density at radius 1 is 1.21 bits per heavy atom. The van der Waals surface area contributed by atoms with Crippen LogP contribution in [0.2, 0.25) is 0 Å². The van der Waals surface area contributed by atoms with Crippen molar-refractivity contribution in [3.8, 4) is 17.1 Å². The lowest BCUT2D eigenvalue weighted by Crippen LogP contribution is -2.34. The second-order valence-corrected chi connectivity index (χ2v) is 8.01. The number of hydrogen-bond donors (Lipinski definition) is 0. The van der Waals surface area contributed by atoms with E-state index in [4.69, 9.17) is 9.72 Å². The Morgan fingerprint density at radius 2 is 1.97 bits per heavy atom. The third kappa shape index (κ3) is 3.20. The van der Waals surface area contributed by atoms with Gasteiger partial charge in [-0.15, -0.1) is 0 Å². The van der Waals surface area contributed by atoms with Crippen LogP contribution in [0.4, 0.5) is 0 Å². The fraction of sp³-hybridized carbons (Fsp3) is 0.478. The Kier molecular flexibility index (Phi) is 5.11. The number of ether oxygens (including phenoxy) is 1. The molecule has 1 atom stereocenters. The average molecular weight is 393 g/mol. The fourth-order valence-electron chi connectivity index (χ4n) is 4.46. The summed E-state index contributed by atoms with van der Waals surface area (Å²) in [4.78, 5) is 27.1. The largest absolute Gasteiger partial charge is 0.481 e. The number of rotatable bonds is 5. The zero-order valence-electron chi connectivity index (χ0n) is 17.8. The third-order valence-corrected chi connectivity index (χ3v) is 6.22. The quantitative estimate of drug-likeness (QED) is 0.638. The van der Waals surface area contributed by atoms with Crippen LogP contribution in [0.5, 0.6) is 5.88 Å². The van der Waals surface area contributed by atoms with E-state index in [1.165, 1.54) is 19.3 Å². The Morgan fingerprint density at radius 3 is 2.59 bits per heavy atom. The van der Waals surface area contributed by atoms with E-state index < -0.39 is 0 Å². The molecule has 0 aliphatic heterocycles. The molecule has 4 rings (SSSR count). The molecule has 0 bridgehead atoms. The highest BCUT2D eigenvalue weighted by atomic mass is 16.5. The maximum Gasteiger partial charge on any atom is 0.272 e. The molecule has 29 heavy (non-hydrogen) atoms. The lowest BCUT2D eigenvalue weighted by Gasteiger charge is -2.35. The van der Waals surface area contributed by atoms with Gasteiger partial charge in [-0.2, -0.15) is 0 Å². The lowest BCUT2D eigenvalue weighted by molar-refractivity contribution is 0.203. The molecule has 1 saturated carbocycles. The number of pyridine rings is 2. The third-order valence-electron chi connectivity index (χ3n) is 6.22. The minimum absolute atomic E-state index is 0.00848. The highest BCUT2D eigenvalue weighted by Gasteiger charge is 2.30. The van der Waals surface area contributed by atoms with Gasteiger partial charge in [0.05, 0.1) is 24.0 Å². The molecule has 0 amide bonds. The van der Waals surface area contributed by atoms with Gasteiger partial charge in [-0.05, 0) is 58.1 Å². The van der Waals surface area contributed by atoms with Gasteiger partial charge in [0, 0.05) is 23.4 Å². The summed E-state index contributed by atoms with van der Waals surface area (Å²) in [5.74, 6) is 1.18. The predicted octanol–water partition coefficient (Wildman–Crippen LogP) is 4.54. The number of aromatic nitrogens is 4. The summed E-state index contributed by atoms with van der Waals surface area (Å²) in [5.41, 5.74) is 5.60. The van der Waals surface area contributed by atoms with Crippen LogP contribution in [0.3, 0.4) is 0 Å². The predicted molar refractivity (Wildman–Crippen MR) is 114 cm³/mol. The highest BCUT2D eigenvalue weighted by Crippen LogP contribution is 2.39. The molecule has 6 nitrogen and oxygen atoms in total. The number of aryl methyl sites for hydroxylation is 3. The van der Waals surface area contributed by atoms with Crippen LogP contribution in [0.15, 0.2) is 23.1 Å². The van der Waals surface area contributed by atoms with E-state index in [2.05, 4.69) is 16.9 Å². The molecule has 6 heteroatoms. The van der Waals surface area contributed by atoms with Gasteiger partial charge in [0.25, 0.3) is 5.56 Å². The molecular weight excluding hydrogens is 364 g/mol. The fourth-order valence-corrected chi connectivity index (χ4v) is 4.46. The Hall–Kier alpha value is -2.76. The minimum atomic E-state index is 0.00848. The van der Waals surface area contributed by atoms with Crippen LogP contribution in [0.1, 0.15) is 55.6 Å². The molecule has 3 aromatic rings. The van der Waals surface area contributed by atoms with Gasteiger partial charge in [0.1, 0.15) is 11.2 Å². The molecule has 152 valence electrons. The van der Waals surface area contributed by atoms with E-state index in [1.54, 1.807) is 20.2 Å². The molecule has 1 unspecified atom stereocenters. The van der Waals surface area contributed by atoms with Crippen molar-refractivity contribution in [3.63, 3.8) is 0 Å². The van der Waals surface area contributed by atoms with E-state index >= 15 is 0 Å². The first-order valence-electron chi connectivity index (χ1n) is 10.4. The normalized spacial score (nSPS) is 15.3. The average Bonchev–Trinajstić information content (AvgIpc) is 2.67. The van der Waals surface area contributed by atoms with Crippen molar-refractivity contribution in [1.82, 2.24) is 19.5 Å². The van der Waals surface area contributed by atoms with E-state index in [0.29, 0.717) is 17.5 Å². The summed E-state index contributed by atoms with van der Waals surface area (Å²) in [6.45, 7) is 7.88. The summed E-state index contributed by atoms with van der Waals surface area (Å²) in [6, 6.07) is 4.17. The van der Waals surface area contributed by atoms with Crippen LogP contribution in [-0.4, -0.2) is 26.6 Å². The standard InChI is InChI=1S/C23H28N4O2/c1-6-18(16-8-7-9-16)27-19-10-11-24-20(21(19)25-15(4)23(27)28)17-12-13(2)22(29-5)26-14(17)3/h10-12,16,18H,6-9H2,1-5H3. The van der Waals surface area contributed by atoms with Gasteiger partial charge in [-0.25, -0.2) is 9.97 Å². The Labute approximate surface area is 171 Å². The highest BCUT2D eigenvalue weighted by molar-refractivity contribution is 5.90. The molecule has 0 saturated heterocycles. The first kappa shape index (κ1) is 19.6. The molecule has 0 radical (unpaired) electrons. The van der Waals surface area contributed by atoms with Gasteiger partial charge >= 0.3 is 0 Å². The van der Waals surface area contributed by atoms with Crippen LogP contribution < -0.4 is 10.3 Å². The monoisotopic (exact) mass is 392 g/mol. The molecule has 1 aliphatic rings. The van der Waals surface area contributed by atoms with Crippen molar-refractivity contribution in [3.05, 3.63) is 45.6 Å². The molecular formula is C23H28N4O2. The zero-order chi connectivity index (χ0) is 20.7.